The van der Waals surface area contributed by atoms with Crippen molar-refractivity contribution in [3.63, 3.8) is 0 Å². The highest BCUT2D eigenvalue weighted by molar-refractivity contribution is 8.13. The molecular weight excluding hydrogens is 575 g/mol. The number of anilines is 1. The summed E-state index contributed by atoms with van der Waals surface area (Å²) in [5.74, 6) is 0.183. The molecule has 1 fully saturated rings. The van der Waals surface area contributed by atoms with Crippen LogP contribution in [0.4, 0.5) is 5.82 Å². The molecule has 41 heavy (non-hydrogen) atoms. The molecular formula is C26H47N4O9PS. The normalized spacial score (nSPS) is 24.6. The van der Waals surface area contributed by atoms with Crippen LogP contribution in [0, 0.1) is 5.41 Å². The Balaban J connectivity index is 2.09. The highest BCUT2D eigenvalue weighted by Crippen LogP contribution is 2.52. The van der Waals surface area contributed by atoms with E-state index in [0.29, 0.717) is 6.54 Å². The summed E-state index contributed by atoms with van der Waals surface area (Å²) in [6.45, 7) is 6.37. The molecule has 0 aromatic carbocycles. The molecule has 1 saturated heterocycles. The van der Waals surface area contributed by atoms with Crippen molar-refractivity contribution in [2.75, 3.05) is 44.9 Å². The first-order chi connectivity index (χ1) is 19.2. The maximum Gasteiger partial charge on any atom is 0.408 e. The minimum Gasteiger partial charge on any atom is -0.395 e. The number of hydrogen-bond donors (Lipinski definition) is 4. The lowest BCUT2D eigenvalue weighted by Crippen LogP contribution is -2.46. The Morgan fingerprint density at radius 2 is 1.95 bits per heavy atom. The summed E-state index contributed by atoms with van der Waals surface area (Å²) in [5, 5.41) is 31.0. The van der Waals surface area contributed by atoms with E-state index in [2.05, 4.69) is 11.9 Å². The van der Waals surface area contributed by atoms with Crippen LogP contribution in [0.2, 0.25) is 0 Å². The average Bonchev–Trinajstić information content (AvgIpc) is 3.15. The molecule has 15 heteroatoms. The predicted octanol–water partition coefficient (Wildman–Crippen LogP) is 2.55. The molecule has 1 aliphatic rings. The van der Waals surface area contributed by atoms with Gasteiger partial charge in [0.15, 0.2) is 11.3 Å². The highest BCUT2D eigenvalue weighted by Gasteiger charge is 2.54. The van der Waals surface area contributed by atoms with Gasteiger partial charge in [-0.15, -0.1) is 0 Å². The van der Waals surface area contributed by atoms with Crippen LogP contribution in [0.15, 0.2) is 17.1 Å². The number of nitrogen functional groups attached to an aromatic ring is 1. The molecule has 1 aromatic heterocycles. The number of nitrogens with zero attached hydrogens (tertiary/aromatic N) is 3. The van der Waals surface area contributed by atoms with Crippen molar-refractivity contribution < 1.29 is 38.5 Å². The molecule has 1 aliphatic heterocycles. The average molecular weight is 623 g/mol. The maximum atomic E-state index is 13.9. The van der Waals surface area contributed by atoms with Gasteiger partial charge in [0.05, 0.1) is 25.2 Å². The van der Waals surface area contributed by atoms with Crippen LogP contribution in [0.3, 0.4) is 0 Å². The van der Waals surface area contributed by atoms with Gasteiger partial charge in [0.1, 0.15) is 23.6 Å². The van der Waals surface area contributed by atoms with E-state index in [4.69, 9.17) is 19.5 Å². The van der Waals surface area contributed by atoms with Crippen LogP contribution in [0.25, 0.3) is 0 Å². The molecule has 0 spiro atoms. The summed E-state index contributed by atoms with van der Waals surface area (Å²) in [6, 6.07) is 1.36. The Morgan fingerprint density at radius 3 is 2.59 bits per heavy atom. The van der Waals surface area contributed by atoms with Gasteiger partial charge in [-0.05, 0) is 40.3 Å². The summed E-state index contributed by atoms with van der Waals surface area (Å²) in [7, 11) is -2.30. The lowest BCUT2D eigenvalue weighted by atomic mass is 9.96. The lowest BCUT2D eigenvalue weighted by molar-refractivity contribution is -0.119. The second-order valence-corrected chi connectivity index (χ2v) is 14.4. The molecule has 2 heterocycles. The van der Waals surface area contributed by atoms with E-state index in [1.807, 2.05) is 0 Å². The van der Waals surface area contributed by atoms with Gasteiger partial charge in [0, 0.05) is 18.5 Å². The van der Waals surface area contributed by atoms with E-state index >= 15 is 0 Å². The van der Waals surface area contributed by atoms with Crippen LogP contribution in [-0.2, 0) is 23.1 Å². The van der Waals surface area contributed by atoms with Gasteiger partial charge in [-0.3, -0.25) is 18.4 Å². The smallest absolute Gasteiger partial charge is 0.395 e. The third-order valence-electron chi connectivity index (χ3n) is 7.03. The molecule has 1 aromatic rings. The number of carbonyl (C=O) groups excluding carboxylic acids is 1. The predicted molar refractivity (Wildman–Crippen MR) is 157 cm³/mol. The summed E-state index contributed by atoms with van der Waals surface area (Å²) >= 11 is 0.969. The van der Waals surface area contributed by atoms with Crippen LogP contribution < -0.4 is 11.4 Å². The Labute approximate surface area is 246 Å². The first-order valence-electron chi connectivity index (χ1n) is 14.0. The number of aromatic nitrogens is 2. The fraction of sp³-hybridized carbons (Fsp3) is 0.808. The number of ether oxygens (including phenoxy) is 1. The molecule has 0 amide bonds. The van der Waals surface area contributed by atoms with Gasteiger partial charge in [0.2, 0.25) is 0 Å². The first-order valence-corrected chi connectivity index (χ1v) is 16.5. The fourth-order valence-electron chi connectivity index (χ4n) is 4.17. The van der Waals surface area contributed by atoms with E-state index in [-0.39, 0.29) is 29.9 Å². The highest BCUT2D eigenvalue weighted by atomic mass is 32.2. The maximum absolute atomic E-state index is 13.9. The quantitative estimate of drug-likeness (QED) is 0.138. The number of nitrogens with two attached hydrogens (primary N) is 1. The van der Waals surface area contributed by atoms with Crippen molar-refractivity contribution in [2.24, 2.45) is 5.41 Å². The number of hydrogen-bond acceptors (Lipinski definition) is 12. The first kappa shape index (κ1) is 35.8. The lowest BCUT2D eigenvalue weighted by Gasteiger charge is -2.29. The summed E-state index contributed by atoms with van der Waals surface area (Å²) in [5.41, 5.74) is 1.97. The van der Waals surface area contributed by atoms with Crippen LogP contribution >= 0.6 is 19.5 Å². The minimum atomic E-state index is -3.92. The molecule has 2 unspecified atom stereocenters. The molecule has 5 atom stereocenters. The van der Waals surface area contributed by atoms with Crippen molar-refractivity contribution >= 4 is 30.4 Å². The van der Waals surface area contributed by atoms with Crippen molar-refractivity contribution in [3.8, 4) is 0 Å². The second kappa shape index (κ2) is 15.9. The van der Waals surface area contributed by atoms with E-state index in [1.165, 1.54) is 23.9 Å². The number of carbonyl (C=O) groups is 1. The largest absolute Gasteiger partial charge is 0.408 e. The summed E-state index contributed by atoms with van der Waals surface area (Å²) < 4.78 is 33.7. The van der Waals surface area contributed by atoms with Gasteiger partial charge < -0.3 is 25.8 Å². The Bertz CT molecular complexity index is 1090. The number of aliphatic hydroxyl groups is 3. The molecule has 5 N–H and O–H groups in total. The summed E-state index contributed by atoms with van der Waals surface area (Å²) in [4.78, 5) is 28.3. The minimum absolute atomic E-state index is 0.00408. The van der Waals surface area contributed by atoms with E-state index in [9.17, 15) is 29.5 Å². The van der Waals surface area contributed by atoms with E-state index in [1.54, 1.807) is 20.9 Å². The standard InChI is InChI=1S/C26H47N4O9PS/c1-6-7-8-9-10-11-13-29(5)40(36,37-15-16-41-23(33)25(2,3)18-31)38-17-19-21(32)26(4,35)22(39-19)30-14-12-20(27)28-24(30)34/h12,14,19,21-22,31-32,35H,6-11,13,15-18H2,1-5H3,(H2,27,28,34)/t19-,21+,22-,26?,40?/m1/s1. The number of aliphatic hydroxyl groups excluding tert-OH is 2. The van der Waals surface area contributed by atoms with Gasteiger partial charge in [-0.1, -0.05) is 50.8 Å². The summed E-state index contributed by atoms with van der Waals surface area (Å²) in [6.07, 6.45) is 3.56. The monoisotopic (exact) mass is 622 g/mol. The Kier molecular flexibility index (Phi) is 13.9. The van der Waals surface area contributed by atoms with Gasteiger partial charge in [-0.2, -0.15) is 4.98 Å². The number of thioether (sulfide) groups is 1. The molecule has 0 radical (unpaired) electrons. The molecule has 0 saturated carbocycles. The third kappa shape index (κ3) is 9.84. The fourth-order valence-corrected chi connectivity index (χ4v) is 6.62. The van der Waals surface area contributed by atoms with Crippen LogP contribution in [0.1, 0.15) is 72.4 Å². The molecule has 2 rings (SSSR count). The second-order valence-electron chi connectivity index (χ2n) is 11.2. The topological polar surface area (TPSA) is 187 Å². The van der Waals surface area contributed by atoms with Gasteiger partial charge in [-0.25, -0.2) is 14.0 Å². The van der Waals surface area contributed by atoms with Gasteiger partial charge >= 0.3 is 13.4 Å². The van der Waals surface area contributed by atoms with Crippen LogP contribution in [-0.4, -0.2) is 91.6 Å². The molecule has 13 nitrogen and oxygen atoms in total. The zero-order chi connectivity index (χ0) is 30.8. The molecule has 0 aliphatic carbocycles. The van der Waals surface area contributed by atoms with E-state index < -0.39 is 49.5 Å². The third-order valence-corrected chi connectivity index (χ3v) is 10.2. The van der Waals surface area contributed by atoms with Crippen molar-refractivity contribution in [1.82, 2.24) is 14.2 Å². The van der Waals surface area contributed by atoms with Gasteiger partial charge in [0.25, 0.3) is 0 Å². The Hall–Kier alpha value is -1.35. The zero-order valence-corrected chi connectivity index (χ0v) is 26.4. The molecule has 236 valence electrons. The van der Waals surface area contributed by atoms with E-state index in [0.717, 1.165) is 54.9 Å². The van der Waals surface area contributed by atoms with Crippen molar-refractivity contribution in [2.45, 2.75) is 90.3 Å². The SMILES string of the molecule is CCCCCCCCN(C)P(=O)(OCCSC(=O)C(C)(C)CO)OC[C@H]1O[C@@H](n2ccc(N)nc2=O)C(C)(O)[C@H]1O. The number of rotatable bonds is 18. The Morgan fingerprint density at radius 1 is 1.29 bits per heavy atom. The number of unbranched alkanes of at least 4 members (excludes halogenated alkanes) is 5. The zero-order valence-electron chi connectivity index (χ0n) is 24.7. The van der Waals surface area contributed by atoms with Crippen molar-refractivity contribution in [3.05, 3.63) is 22.7 Å². The van der Waals surface area contributed by atoms with Crippen LogP contribution in [0.5, 0.6) is 0 Å². The van der Waals surface area contributed by atoms with Crippen molar-refractivity contribution in [1.29, 1.82) is 0 Å². The molecule has 0 bridgehead atoms.